The van der Waals surface area contributed by atoms with E-state index in [1.807, 2.05) is 44.2 Å². The summed E-state index contributed by atoms with van der Waals surface area (Å²) in [7, 11) is 3.22. The molecular formula is C24H26Cl2N2O3. The van der Waals surface area contributed by atoms with E-state index in [4.69, 9.17) is 9.47 Å². The highest BCUT2D eigenvalue weighted by molar-refractivity contribution is 5.91. The number of benzene rings is 2. The van der Waals surface area contributed by atoms with Crippen molar-refractivity contribution in [2.24, 2.45) is 0 Å². The highest BCUT2D eigenvalue weighted by Crippen LogP contribution is 2.34. The number of fused-ring (bicyclic) bond motifs is 2. The van der Waals surface area contributed by atoms with Crippen molar-refractivity contribution in [2.45, 2.75) is 26.7 Å². The van der Waals surface area contributed by atoms with Crippen LogP contribution in [0, 0.1) is 6.92 Å². The smallest absolute Gasteiger partial charge is 0.252 e. The van der Waals surface area contributed by atoms with E-state index in [0.29, 0.717) is 17.9 Å². The maximum absolute atomic E-state index is 12.9. The second kappa shape index (κ2) is 10.0. The van der Waals surface area contributed by atoms with E-state index >= 15 is 0 Å². The van der Waals surface area contributed by atoms with Crippen molar-refractivity contribution in [3.8, 4) is 11.5 Å². The van der Waals surface area contributed by atoms with Crippen LogP contribution in [-0.2, 0) is 12.8 Å². The lowest BCUT2D eigenvalue weighted by Crippen LogP contribution is -2.16. The van der Waals surface area contributed by atoms with Crippen LogP contribution < -0.4 is 15.0 Å². The number of nitrogens with zero attached hydrogens (tertiary/aromatic N) is 1. The zero-order valence-corrected chi connectivity index (χ0v) is 19.6. The molecule has 0 aliphatic rings. The predicted octanol–water partition coefficient (Wildman–Crippen LogP) is 5.40. The highest BCUT2D eigenvalue weighted by Gasteiger charge is 2.15. The van der Waals surface area contributed by atoms with Gasteiger partial charge in [0.05, 0.1) is 19.7 Å². The summed E-state index contributed by atoms with van der Waals surface area (Å²) in [5, 5.41) is 2.95. The van der Waals surface area contributed by atoms with Gasteiger partial charge in [-0.3, -0.25) is 9.78 Å². The van der Waals surface area contributed by atoms with Crippen LogP contribution in [0.4, 0.5) is 0 Å². The molecule has 0 spiro atoms. The molecule has 0 radical (unpaired) electrons. The van der Waals surface area contributed by atoms with Crippen LogP contribution in [0.5, 0.6) is 11.5 Å². The molecule has 31 heavy (non-hydrogen) atoms. The van der Waals surface area contributed by atoms with Gasteiger partial charge in [-0.1, -0.05) is 19.1 Å². The van der Waals surface area contributed by atoms with E-state index in [0.717, 1.165) is 50.6 Å². The molecule has 1 N–H and O–H groups in total. The minimum Gasteiger partial charge on any atom is -0.493 e. The van der Waals surface area contributed by atoms with E-state index in [-0.39, 0.29) is 30.4 Å². The zero-order chi connectivity index (χ0) is 20.5. The Balaban J connectivity index is 0.00000171. The summed E-state index contributed by atoms with van der Waals surface area (Å²) in [5.74, 6) is 1.27. The monoisotopic (exact) mass is 460 g/mol. The standard InChI is InChI=1S/C24H24N2O3.2ClH/c1-5-20-18-13-23(29-4)22(28-3)12-17(18)19(24(27)26-20)11-15-7-9-21-16(10-15)8-6-14(2)25-21;;/h6-10,12-13H,5,11H2,1-4H3,(H,26,27);2*1H. The van der Waals surface area contributed by atoms with Gasteiger partial charge >= 0.3 is 0 Å². The number of hydrogen-bond donors (Lipinski definition) is 1. The average molecular weight is 461 g/mol. The van der Waals surface area contributed by atoms with E-state index in [9.17, 15) is 4.79 Å². The Morgan fingerprint density at radius 1 is 0.935 bits per heavy atom. The average Bonchev–Trinajstić information content (AvgIpc) is 2.74. The molecule has 5 nitrogen and oxygen atoms in total. The van der Waals surface area contributed by atoms with Crippen LogP contribution in [0.25, 0.3) is 21.7 Å². The van der Waals surface area contributed by atoms with Gasteiger partial charge in [0.15, 0.2) is 11.5 Å². The van der Waals surface area contributed by atoms with E-state index < -0.39 is 0 Å². The fourth-order valence-electron chi connectivity index (χ4n) is 3.83. The van der Waals surface area contributed by atoms with Crippen molar-refractivity contribution in [2.75, 3.05) is 14.2 Å². The van der Waals surface area contributed by atoms with Crippen molar-refractivity contribution in [3.63, 3.8) is 0 Å². The third-order valence-electron chi connectivity index (χ3n) is 5.34. The van der Waals surface area contributed by atoms with Crippen LogP contribution in [0.3, 0.4) is 0 Å². The minimum atomic E-state index is -0.0660. The van der Waals surface area contributed by atoms with Crippen LogP contribution in [-0.4, -0.2) is 24.2 Å². The number of rotatable bonds is 5. The Bertz CT molecular complexity index is 1290. The van der Waals surface area contributed by atoms with Crippen molar-refractivity contribution in [1.29, 1.82) is 0 Å². The van der Waals surface area contributed by atoms with Gasteiger partial charge in [-0.25, -0.2) is 0 Å². The maximum atomic E-state index is 12.9. The number of nitrogens with one attached hydrogen (secondary N) is 1. The van der Waals surface area contributed by atoms with E-state index in [1.54, 1.807) is 14.2 Å². The number of aromatic nitrogens is 2. The van der Waals surface area contributed by atoms with Gasteiger partial charge in [0.2, 0.25) is 0 Å². The first kappa shape index (κ1) is 24.5. The summed E-state index contributed by atoms with van der Waals surface area (Å²) < 4.78 is 11.0. The summed E-state index contributed by atoms with van der Waals surface area (Å²) in [4.78, 5) is 20.6. The fourth-order valence-corrected chi connectivity index (χ4v) is 3.83. The van der Waals surface area contributed by atoms with Gasteiger partial charge in [-0.2, -0.15) is 0 Å². The molecule has 164 valence electrons. The summed E-state index contributed by atoms with van der Waals surface area (Å²) in [5.41, 5.74) is 4.56. The predicted molar refractivity (Wildman–Crippen MR) is 131 cm³/mol. The van der Waals surface area contributed by atoms with Crippen LogP contribution >= 0.6 is 24.8 Å². The topological polar surface area (TPSA) is 64.2 Å². The molecule has 0 bridgehead atoms. The molecule has 4 aromatic rings. The van der Waals surface area contributed by atoms with Gasteiger partial charge in [0.25, 0.3) is 5.56 Å². The Morgan fingerprint density at radius 3 is 2.26 bits per heavy atom. The first-order valence-corrected chi connectivity index (χ1v) is 9.70. The number of ether oxygens (including phenoxy) is 2. The molecule has 0 aliphatic heterocycles. The minimum absolute atomic E-state index is 0. The van der Waals surface area contributed by atoms with Crippen molar-refractivity contribution >= 4 is 46.5 Å². The molecule has 2 heterocycles. The Kier molecular flexibility index (Phi) is 7.93. The second-order valence-electron chi connectivity index (χ2n) is 7.17. The molecule has 7 heteroatoms. The molecule has 0 fully saturated rings. The Morgan fingerprint density at radius 2 is 1.61 bits per heavy atom. The summed E-state index contributed by atoms with van der Waals surface area (Å²) in [6, 6.07) is 14.1. The van der Waals surface area contributed by atoms with Gasteiger partial charge in [0, 0.05) is 34.1 Å². The lowest BCUT2D eigenvalue weighted by Gasteiger charge is -2.14. The fraction of sp³-hybridized carbons (Fsp3) is 0.250. The number of pyridine rings is 2. The third kappa shape index (κ3) is 4.63. The number of methoxy groups -OCH3 is 2. The van der Waals surface area contributed by atoms with Gasteiger partial charge in [0.1, 0.15) is 0 Å². The third-order valence-corrected chi connectivity index (χ3v) is 5.34. The molecule has 0 atom stereocenters. The number of H-pyrrole nitrogens is 1. The first-order chi connectivity index (χ1) is 14.0. The molecule has 0 saturated heterocycles. The largest absolute Gasteiger partial charge is 0.493 e. The molecule has 2 aromatic carbocycles. The first-order valence-electron chi connectivity index (χ1n) is 9.70. The summed E-state index contributed by atoms with van der Waals surface area (Å²) in [6.07, 6.45) is 1.25. The molecule has 2 aromatic heterocycles. The second-order valence-corrected chi connectivity index (χ2v) is 7.17. The number of halogens is 2. The van der Waals surface area contributed by atoms with E-state index in [1.165, 1.54) is 0 Å². The van der Waals surface area contributed by atoms with Crippen LogP contribution in [0.2, 0.25) is 0 Å². The number of hydrogen-bond acceptors (Lipinski definition) is 4. The maximum Gasteiger partial charge on any atom is 0.252 e. The number of aromatic amines is 1. The Labute approximate surface area is 193 Å². The molecule has 4 rings (SSSR count). The quantitative estimate of drug-likeness (QED) is 0.432. The van der Waals surface area contributed by atoms with Gasteiger partial charge < -0.3 is 14.5 Å². The highest BCUT2D eigenvalue weighted by atomic mass is 35.5. The van der Waals surface area contributed by atoms with Crippen molar-refractivity contribution in [3.05, 3.63) is 75.3 Å². The van der Waals surface area contributed by atoms with Crippen molar-refractivity contribution < 1.29 is 9.47 Å². The Hall–Kier alpha value is -2.76. The van der Waals surface area contributed by atoms with E-state index in [2.05, 4.69) is 22.1 Å². The summed E-state index contributed by atoms with van der Waals surface area (Å²) >= 11 is 0. The molecule has 0 amide bonds. The molecule has 0 saturated carbocycles. The molecule has 0 unspecified atom stereocenters. The van der Waals surface area contributed by atoms with Crippen molar-refractivity contribution in [1.82, 2.24) is 9.97 Å². The number of aryl methyl sites for hydroxylation is 2. The molecular weight excluding hydrogens is 435 g/mol. The SMILES string of the molecule is CCc1[nH]c(=O)c(Cc2ccc3nc(C)ccc3c2)c2cc(OC)c(OC)cc12.Cl.Cl. The zero-order valence-electron chi connectivity index (χ0n) is 17.9. The normalized spacial score (nSPS) is 10.5. The molecule has 0 aliphatic carbocycles. The summed E-state index contributed by atoms with van der Waals surface area (Å²) in [6.45, 7) is 4.01. The van der Waals surface area contributed by atoms with Crippen LogP contribution in [0.1, 0.15) is 29.4 Å². The van der Waals surface area contributed by atoms with Gasteiger partial charge in [-0.15, -0.1) is 24.8 Å². The van der Waals surface area contributed by atoms with Gasteiger partial charge in [-0.05, 0) is 54.6 Å². The van der Waals surface area contributed by atoms with Crippen LogP contribution in [0.15, 0.2) is 47.3 Å². The lowest BCUT2D eigenvalue weighted by atomic mass is 9.97. The lowest BCUT2D eigenvalue weighted by molar-refractivity contribution is 0.356.